The summed E-state index contributed by atoms with van der Waals surface area (Å²) >= 11 is 0. The van der Waals surface area contributed by atoms with E-state index < -0.39 is 44.2 Å². The summed E-state index contributed by atoms with van der Waals surface area (Å²) in [6.07, 6.45) is 0. The van der Waals surface area contributed by atoms with Crippen molar-refractivity contribution in [3.63, 3.8) is 0 Å². The number of aromatic carboxylic acids is 1. The summed E-state index contributed by atoms with van der Waals surface area (Å²) in [6.45, 7) is 2.52. The highest BCUT2D eigenvalue weighted by atomic mass is 32.2. The minimum Gasteiger partial charge on any atom is -0.478 e. The second-order valence-electron chi connectivity index (χ2n) is 4.34. The van der Waals surface area contributed by atoms with Gasteiger partial charge >= 0.3 is 5.97 Å². The standard InChI is InChI=1S/C12H15FN2O5S/c1-6-9(13)4-8(12(17)18)5-10(6)21(19,20)15-7(2)11(16)14-3/h4-5,7,15H,1-3H3,(H,14,16)(H,17,18). The summed E-state index contributed by atoms with van der Waals surface area (Å²) in [4.78, 5) is 21.7. The van der Waals surface area contributed by atoms with Crippen molar-refractivity contribution in [1.82, 2.24) is 10.0 Å². The van der Waals surface area contributed by atoms with E-state index in [-0.39, 0.29) is 5.56 Å². The first-order valence-corrected chi connectivity index (χ1v) is 7.35. The number of halogens is 1. The molecular formula is C12H15FN2O5S. The molecule has 0 radical (unpaired) electrons. The van der Waals surface area contributed by atoms with Gasteiger partial charge in [-0.1, -0.05) is 0 Å². The molecule has 0 heterocycles. The van der Waals surface area contributed by atoms with Crippen molar-refractivity contribution in [2.45, 2.75) is 24.8 Å². The fourth-order valence-electron chi connectivity index (χ4n) is 1.62. The first-order chi connectivity index (χ1) is 9.60. The van der Waals surface area contributed by atoms with Gasteiger partial charge < -0.3 is 10.4 Å². The molecule has 0 aliphatic rings. The molecule has 7 nitrogen and oxygen atoms in total. The molecular weight excluding hydrogens is 303 g/mol. The molecule has 1 aromatic rings. The van der Waals surface area contributed by atoms with Crippen LogP contribution in [0.2, 0.25) is 0 Å². The maximum absolute atomic E-state index is 13.7. The quantitative estimate of drug-likeness (QED) is 0.720. The molecule has 9 heteroatoms. The molecule has 0 spiro atoms. The summed E-state index contributed by atoms with van der Waals surface area (Å²) in [6, 6.07) is 0.495. The number of carbonyl (C=O) groups is 2. The summed E-state index contributed by atoms with van der Waals surface area (Å²) < 4.78 is 40.0. The van der Waals surface area contributed by atoms with E-state index in [0.29, 0.717) is 0 Å². The number of hydrogen-bond donors (Lipinski definition) is 3. The average molecular weight is 318 g/mol. The van der Waals surface area contributed by atoms with Gasteiger partial charge in [-0.05, 0) is 26.0 Å². The second-order valence-corrected chi connectivity index (χ2v) is 6.03. The number of benzene rings is 1. The van der Waals surface area contributed by atoms with Gasteiger partial charge in [0, 0.05) is 12.6 Å². The van der Waals surface area contributed by atoms with E-state index in [1.807, 2.05) is 0 Å². The van der Waals surface area contributed by atoms with E-state index in [9.17, 15) is 22.4 Å². The van der Waals surface area contributed by atoms with Crippen LogP contribution in [-0.4, -0.2) is 38.5 Å². The molecule has 0 saturated heterocycles. The van der Waals surface area contributed by atoms with Gasteiger partial charge in [-0.25, -0.2) is 17.6 Å². The zero-order chi connectivity index (χ0) is 16.4. The Labute approximate surface area is 121 Å². The van der Waals surface area contributed by atoms with Gasteiger partial charge in [-0.3, -0.25) is 4.79 Å². The maximum atomic E-state index is 13.7. The van der Waals surface area contributed by atoms with Crippen LogP contribution in [0.5, 0.6) is 0 Å². The number of likely N-dealkylation sites (N-methyl/N-ethyl adjacent to an activating group) is 1. The Morgan fingerprint density at radius 3 is 2.38 bits per heavy atom. The highest BCUT2D eigenvalue weighted by Gasteiger charge is 2.25. The normalized spacial score (nSPS) is 12.8. The number of hydrogen-bond acceptors (Lipinski definition) is 4. The number of carboxylic acids is 1. The van der Waals surface area contributed by atoms with E-state index in [1.54, 1.807) is 0 Å². The molecule has 1 amide bonds. The number of carboxylic acid groups (broad SMARTS) is 1. The Kier molecular flexibility index (Phi) is 5.02. The lowest BCUT2D eigenvalue weighted by atomic mass is 10.1. The molecule has 1 rings (SSSR count). The first kappa shape index (κ1) is 17.1. The molecule has 1 aromatic carbocycles. The molecule has 1 unspecified atom stereocenters. The Morgan fingerprint density at radius 1 is 1.33 bits per heavy atom. The number of nitrogens with one attached hydrogen (secondary N) is 2. The van der Waals surface area contributed by atoms with Crippen LogP contribution in [0.25, 0.3) is 0 Å². The Balaban J connectivity index is 3.31. The molecule has 0 saturated carbocycles. The van der Waals surface area contributed by atoms with Crippen molar-refractivity contribution in [3.8, 4) is 0 Å². The highest BCUT2D eigenvalue weighted by molar-refractivity contribution is 7.89. The van der Waals surface area contributed by atoms with Crippen LogP contribution < -0.4 is 10.0 Å². The minimum atomic E-state index is -4.24. The van der Waals surface area contributed by atoms with Crippen molar-refractivity contribution in [1.29, 1.82) is 0 Å². The second kappa shape index (κ2) is 6.19. The van der Waals surface area contributed by atoms with Crippen LogP contribution >= 0.6 is 0 Å². The summed E-state index contributed by atoms with van der Waals surface area (Å²) in [5, 5.41) is 11.1. The van der Waals surface area contributed by atoms with Crippen molar-refractivity contribution in [3.05, 3.63) is 29.1 Å². The van der Waals surface area contributed by atoms with E-state index in [0.717, 1.165) is 12.1 Å². The molecule has 0 aromatic heterocycles. The average Bonchev–Trinajstić information content (AvgIpc) is 2.39. The van der Waals surface area contributed by atoms with E-state index in [4.69, 9.17) is 5.11 Å². The number of carbonyl (C=O) groups excluding carboxylic acids is 1. The van der Waals surface area contributed by atoms with Crippen LogP contribution in [0.15, 0.2) is 17.0 Å². The van der Waals surface area contributed by atoms with Gasteiger partial charge in [0.2, 0.25) is 15.9 Å². The molecule has 0 bridgehead atoms. The third-order valence-corrected chi connectivity index (χ3v) is 4.47. The third kappa shape index (κ3) is 3.76. The number of sulfonamides is 1. The molecule has 21 heavy (non-hydrogen) atoms. The van der Waals surface area contributed by atoms with Crippen LogP contribution in [0.3, 0.4) is 0 Å². The lowest BCUT2D eigenvalue weighted by molar-refractivity contribution is -0.121. The van der Waals surface area contributed by atoms with Gasteiger partial charge in [0.05, 0.1) is 16.5 Å². The van der Waals surface area contributed by atoms with Crippen LogP contribution in [-0.2, 0) is 14.8 Å². The first-order valence-electron chi connectivity index (χ1n) is 5.87. The summed E-state index contributed by atoms with van der Waals surface area (Å²) in [7, 11) is -2.90. The monoisotopic (exact) mass is 318 g/mol. The van der Waals surface area contributed by atoms with Crippen molar-refractivity contribution in [2.75, 3.05) is 7.05 Å². The zero-order valence-electron chi connectivity index (χ0n) is 11.6. The lowest BCUT2D eigenvalue weighted by Crippen LogP contribution is -2.43. The molecule has 0 fully saturated rings. The Hall–Kier alpha value is -2.00. The van der Waals surface area contributed by atoms with Gasteiger partial charge in [0.25, 0.3) is 0 Å². The molecule has 1 atom stereocenters. The molecule has 116 valence electrons. The molecule has 0 aliphatic carbocycles. The van der Waals surface area contributed by atoms with Crippen LogP contribution in [0.1, 0.15) is 22.8 Å². The predicted octanol–water partition coefficient (Wildman–Crippen LogP) is 0.245. The summed E-state index contributed by atoms with van der Waals surface area (Å²) in [5.74, 6) is -2.99. The zero-order valence-corrected chi connectivity index (χ0v) is 12.4. The predicted molar refractivity (Wildman–Crippen MR) is 71.9 cm³/mol. The van der Waals surface area contributed by atoms with Crippen molar-refractivity contribution >= 4 is 21.9 Å². The largest absolute Gasteiger partial charge is 0.478 e. The molecule has 3 N–H and O–H groups in total. The van der Waals surface area contributed by atoms with E-state index in [2.05, 4.69) is 10.0 Å². The molecule has 0 aliphatic heterocycles. The fourth-order valence-corrected chi connectivity index (χ4v) is 3.10. The van der Waals surface area contributed by atoms with Crippen molar-refractivity contribution < 1.29 is 27.5 Å². The highest BCUT2D eigenvalue weighted by Crippen LogP contribution is 2.21. The fraction of sp³-hybridized carbons (Fsp3) is 0.333. The SMILES string of the molecule is CNC(=O)C(C)NS(=O)(=O)c1cc(C(=O)O)cc(F)c1C. The summed E-state index contributed by atoms with van der Waals surface area (Å²) in [5.41, 5.74) is -0.720. The van der Waals surface area contributed by atoms with E-state index in [1.165, 1.54) is 20.9 Å². The van der Waals surface area contributed by atoms with E-state index >= 15 is 0 Å². The Bertz CT molecular complexity index is 687. The lowest BCUT2D eigenvalue weighted by Gasteiger charge is -2.15. The van der Waals surface area contributed by atoms with Gasteiger partial charge in [0.15, 0.2) is 0 Å². The van der Waals surface area contributed by atoms with Crippen molar-refractivity contribution in [2.24, 2.45) is 0 Å². The van der Waals surface area contributed by atoms with Gasteiger partial charge in [-0.2, -0.15) is 4.72 Å². The van der Waals surface area contributed by atoms with Gasteiger partial charge in [-0.15, -0.1) is 0 Å². The van der Waals surface area contributed by atoms with Crippen LogP contribution in [0.4, 0.5) is 4.39 Å². The number of rotatable bonds is 5. The van der Waals surface area contributed by atoms with Crippen LogP contribution in [0, 0.1) is 12.7 Å². The smallest absolute Gasteiger partial charge is 0.335 e. The minimum absolute atomic E-state index is 0.225. The Morgan fingerprint density at radius 2 is 1.90 bits per heavy atom. The maximum Gasteiger partial charge on any atom is 0.335 e. The van der Waals surface area contributed by atoms with Gasteiger partial charge in [0.1, 0.15) is 5.82 Å². The third-order valence-electron chi connectivity index (χ3n) is 2.80. The number of amides is 1. The topological polar surface area (TPSA) is 113 Å².